The molecule has 42 heavy (non-hydrogen) atoms. The maximum Gasteiger partial charge on any atom is 0.338 e. The molecule has 0 aliphatic carbocycles. The van der Waals surface area contributed by atoms with Crippen molar-refractivity contribution in [2.24, 2.45) is 10.9 Å². The van der Waals surface area contributed by atoms with Crippen LogP contribution in [0.15, 0.2) is 88.2 Å². The van der Waals surface area contributed by atoms with Crippen molar-refractivity contribution in [3.8, 4) is 17.2 Å². The van der Waals surface area contributed by atoms with Crippen molar-refractivity contribution >= 4 is 29.1 Å². The third-order valence-corrected chi connectivity index (χ3v) is 7.83. The fourth-order valence-corrected chi connectivity index (χ4v) is 5.91. The molecule has 4 aromatic rings. The Kier molecular flexibility index (Phi) is 7.67. The average molecular weight is 583 g/mol. The van der Waals surface area contributed by atoms with Crippen molar-refractivity contribution in [3.63, 3.8) is 0 Å². The summed E-state index contributed by atoms with van der Waals surface area (Å²) in [6.45, 7) is 6.87. The summed E-state index contributed by atoms with van der Waals surface area (Å²) in [6.07, 6.45) is 1.84. The minimum Gasteiger partial charge on any atom is -0.493 e. The fraction of sp³-hybridized carbons (Fsp3) is 0.242. The first-order valence-corrected chi connectivity index (χ1v) is 14.7. The number of thiazole rings is 1. The van der Waals surface area contributed by atoms with Gasteiger partial charge >= 0.3 is 5.97 Å². The molecule has 0 N–H and O–H groups in total. The van der Waals surface area contributed by atoms with Crippen molar-refractivity contribution in [1.82, 2.24) is 4.57 Å². The SMILES string of the molecule is CCOC(=O)C1=C(c2ccccc2)N=c2s/c(=C/c3ccc(OCC(C)C)cc3)c(=O)n2[C@H]1c1ccc2c(c1)OCO2. The van der Waals surface area contributed by atoms with Crippen LogP contribution in [0.2, 0.25) is 0 Å². The Morgan fingerprint density at radius 1 is 1.07 bits per heavy atom. The Hall–Kier alpha value is -4.63. The summed E-state index contributed by atoms with van der Waals surface area (Å²) in [5, 5.41) is 0. The maximum absolute atomic E-state index is 14.1. The van der Waals surface area contributed by atoms with Crippen LogP contribution in [0.4, 0.5) is 0 Å². The van der Waals surface area contributed by atoms with Crippen LogP contribution in [-0.2, 0) is 9.53 Å². The number of carbonyl (C=O) groups is 1. The number of nitrogens with zero attached hydrogens (tertiary/aromatic N) is 2. The summed E-state index contributed by atoms with van der Waals surface area (Å²) in [5.74, 6) is 1.82. The molecule has 1 aromatic heterocycles. The number of carbonyl (C=O) groups excluding carboxylic acids is 1. The van der Waals surface area contributed by atoms with Crippen molar-refractivity contribution in [1.29, 1.82) is 0 Å². The van der Waals surface area contributed by atoms with Crippen LogP contribution in [0, 0.1) is 5.92 Å². The van der Waals surface area contributed by atoms with Gasteiger partial charge in [-0.05, 0) is 54.3 Å². The quantitative estimate of drug-likeness (QED) is 0.280. The van der Waals surface area contributed by atoms with Crippen LogP contribution < -0.4 is 29.1 Å². The highest BCUT2D eigenvalue weighted by Gasteiger charge is 2.36. The number of hydrogen-bond acceptors (Lipinski definition) is 8. The summed E-state index contributed by atoms with van der Waals surface area (Å²) in [7, 11) is 0. The predicted molar refractivity (Wildman–Crippen MR) is 160 cm³/mol. The molecule has 9 heteroatoms. The highest BCUT2D eigenvalue weighted by atomic mass is 32.1. The lowest BCUT2D eigenvalue weighted by Crippen LogP contribution is -2.40. The van der Waals surface area contributed by atoms with Crippen molar-refractivity contribution in [2.75, 3.05) is 20.0 Å². The number of esters is 1. The van der Waals surface area contributed by atoms with Crippen molar-refractivity contribution < 1.29 is 23.7 Å². The van der Waals surface area contributed by atoms with Gasteiger partial charge in [-0.3, -0.25) is 9.36 Å². The van der Waals surface area contributed by atoms with Gasteiger partial charge in [-0.1, -0.05) is 73.7 Å². The number of benzene rings is 3. The monoisotopic (exact) mass is 582 g/mol. The molecule has 0 unspecified atom stereocenters. The molecule has 0 radical (unpaired) electrons. The Balaban J connectivity index is 1.54. The van der Waals surface area contributed by atoms with Gasteiger partial charge in [0, 0.05) is 5.56 Å². The molecule has 2 aliphatic heterocycles. The van der Waals surface area contributed by atoms with Crippen LogP contribution in [-0.4, -0.2) is 30.5 Å². The van der Waals surface area contributed by atoms with Gasteiger partial charge in [-0.15, -0.1) is 0 Å². The normalized spacial score (nSPS) is 15.9. The van der Waals surface area contributed by atoms with Gasteiger partial charge < -0.3 is 18.9 Å². The number of hydrogen-bond donors (Lipinski definition) is 0. The molecule has 0 saturated heterocycles. The minimum absolute atomic E-state index is 0.110. The van der Waals surface area contributed by atoms with Crippen molar-refractivity contribution in [2.45, 2.75) is 26.8 Å². The lowest BCUT2D eigenvalue weighted by molar-refractivity contribution is -0.138. The molecule has 8 nitrogen and oxygen atoms in total. The van der Waals surface area contributed by atoms with E-state index in [2.05, 4.69) is 13.8 Å². The molecule has 0 bridgehead atoms. The first-order valence-electron chi connectivity index (χ1n) is 13.8. The van der Waals surface area contributed by atoms with E-state index in [0.29, 0.717) is 44.6 Å². The predicted octanol–water partition coefficient (Wildman–Crippen LogP) is 4.70. The molecule has 6 rings (SSSR count). The zero-order valence-electron chi connectivity index (χ0n) is 23.5. The third kappa shape index (κ3) is 5.35. The van der Waals surface area contributed by atoms with Crippen LogP contribution in [0.25, 0.3) is 11.8 Å². The fourth-order valence-electron chi connectivity index (χ4n) is 4.91. The summed E-state index contributed by atoms with van der Waals surface area (Å²) < 4.78 is 24.6. The first kappa shape index (κ1) is 27.5. The standard InChI is InChI=1S/C33H30N2O6S/c1-4-38-32(37)28-29(22-8-6-5-7-9-22)34-33-35(30(28)23-12-15-25-26(17-23)41-19-40-25)31(36)27(42-33)16-21-10-13-24(14-11-21)39-18-20(2)3/h5-17,20,30H,4,18-19H2,1-3H3/b27-16+/t30-/m0/s1. The van der Waals surface area contributed by atoms with E-state index in [1.807, 2.05) is 72.8 Å². The van der Waals surface area contributed by atoms with E-state index in [4.69, 9.17) is 23.9 Å². The van der Waals surface area contributed by atoms with Gasteiger partial charge in [0.15, 0.2) is 16.3 Å². The highest BCUT2D eigenvalue weighted by Crippen LogP contribution is 2.40. The zero-order chi connectivity index (χ0) is 29.2. The number of aromatic nitrogens is 1. The van der Waals surface area contributed by atoms with Crippen LogP contribution in [0.5, 0.6) is 17.2 Å². The van der Waals surface area contributed by atoms with Gasteiger partial charge in [0.2, 0.25) is 6.79 Å². The molecule has 0 amide bonds. The molecule has 0 fully saturated rings. The number of fused-ring (bicyclic) bond motifs is 2. The first-order chi connectivity index (χ1) is 20.4. The second kappa shape index (κ2) is 11.7. The topological polar surface area (TPSA) is 88.4 Å². The molecule has 1 atom stereocenters. The molecule has 0 spiro atoms. The third-order valence-electron chi connectivity index (χ3n) is 6.85. The Morgan fingerprint density at radius 3 is 2.57 bits per heavy atom. The molecule has 3 heterocycles. The Morgan fingerprint density at radius 2 is 1.83 bits per heavy atom. The summed E-state index contributed by atoms with van der Waals surface area (Å²) in [5.41, 5.74) is 2.79. The Labute approximate surface area is 246 Å². The lowest BCUT2D eigenvalue weighted by atomic mass is 9.93. The molecule has 0 saturated carbocycles. The van der Waals surface area contributed by atoms with E-state index in [-0.39, 0.29) is 24.5 Å². The molecule has 214 valence electrons. The zero-order valence-corrected chi connectivity index (χ0v) is 24.4. The molecular weight excluding hydrogens is 552 g/mol. The number of ether oxygens (including phenoxy) is 4. The summed E-state index contributed by atoms with van der Waals surface area (Å²) in [4.78, 5) is 33.1. The van der Waals surface area contributed by atoms with E-state index in [9.17, 15) is 9.59 Å². The minimum atomic E-state index is -0.793. The molecular formula is C33H30N2O6S. The largest absolute Gasteiger partial charge is 0.493 e. The van der Waals surface area contributed by atoms with Gasteiger partial charge in [-0.25, -0.2) is 9.79 Å². The van der Waals surface area contributed by atoms with Gasteiger partial charge in [0.25, 0.3) is 5.56 Å². The van der Waals surface area contributed by atoms with Gasteiger partial charge in [-0.2, -0.15) is 0 Å². The lowest BCUT2D eigenvalue weighted by Gasteiger charge is -2.26. The van der Waals surface area contributed by atoms with Gasteiger partial charge in [0.05, 0.1) is 35.1 Å². The second-order valence-electron chi connectivity index (χ2n) is 10.3. The highest BCUT2D eigenvalue weighted by molar-refractivity contribution is 7.07. The smallest absolute Gasteiger partial charge is 0.338 e. The van der Waals surface area contributed by atoms with Crippen LogP contribution in [0.3, 0.4) is 0 Å². The van der Waals surface area contributed by atoms with E-state index >= 15 is 0 Å². The van der Waals surface area contributed by atoms with E-state index in [1.165, 1.54) is 11.3 Å². The number of rotatable bonds is 8. The molecule has 2 aliphatic rings. The van der Waals surface area contributed by atoms with Crippen LogP contribution in [0.1, 0.15) is 43.5 Å². The second-order valence-corrected chi connectivity index (χ2v) is 11.3. The van der Waals surface area contributed by atoms with E-state index < -0.39 is 12.0 Å². The molecule has 3 aromatic carbocycles. The van der Waals surface area contributed by atoms with Gasteiger partial charge in [0.1, 0.15) is 5.75 Å². The van der Waals surface area contributed by atoms with E-state index in [1.54, 1.807) is 17.6 Å². The van der Waals surface area contributed by atoms with Crippen molar-refractivity contribution in [3.05, 3.63) is 115 Å². The maximum atomic E-state index is 14.1. The summed E-state index contributed by atoms with van der Waals surface area (Å²) >= 11 is 1.28. The van der Waals surface area contributed by atoms with Crippen LogP contribution >= 0.6 is 11.3 Å². The Bertz CT molecular complexity index is 1840. The summed E-state index contributed by atoms with van der Waals surface area (Å²) in [6, 6.07) is 21.8. The van der Waals surface area contributed by atoms with E-state index in [0.717, 1.165) is 16.9 Å². The average Bonchev–Trinajstić information content (AvgIpc) is 3.60.